The molecule has 0 bridgehead atoms. The van der Waals surface area contributed by atoms with Crippen molar-refractivity contribution in [1.82, 2.24) is 15.0 Å². The number of nitrogens with zero attached hydrogens (tertiary/aromatic N) is 3. The van der Waals surface area contributed by atoms with Crippen LogP contribution in [-0.2, 0) is 11.0 Å². The van der Waals surface area contributed by atoms with Crippen LogP contribution in [0.4, 0.5) is 29.1 Å². The molecule has 7 nitrogen and oxygen atoms in total. The van der Waals surface area contributed by atoms with Gasteiger partial charge in [-0.05, 0) is 65.7 Å². The van der Waals surface area contributed by atoms with E-state index in [0.29, 0.717) is 39.3 Å². The lowest BCUT2D eigenvalue weighted by atomic mass is 9.95. The normalized spacial score (nSPS) is 11.2. The summed E-state index contributed by atoms with van der Waals surface area (Å²) in [6.07, 6.45) is 0.439. The van der Waals surface area contributed by atoms with Crippen molar-refractivity contribution < 1.29 is 27.2 Å². The van der Waals surface area contributed by atoms with Gasteiger partial charge in [-0.25, -0.2) is 19.3 Å². The molecule has 0 fully saturated rings. The maximum absolute atomic E-state index is 15.4. The number of halogens is 4. The number of nitrogens with one attached hydrogen (secondary N) is 2. The molecule has 2 N–H and O–H groups in total. The van der Waals surface area contributed by atoms with Crippen LogP contribution in [0.3, 0.4) is 0 Å². The van der Waals surface area contributed by atoms with Gasteiger partial charge in [-0.2, -0.15) is 13.2 Å². The lowest BCUT2D eigenvalue weighted by molar-refractivity contribution is -0.137. The second kappa shape index (κ2) is 11.0. The number of carbonyl (C=O) groups excluding carboxylic acids is 2. The van der Waals surface area contributed by atoms with Gasteiger partial charge >= 0.3 is 6.18 Å². The monoisotopic (exact) mass is 557 g/mol. The first kappa shape index (κ1) is 27.1. The van der Waals surface area contributed by atoms with Gasteiger partial charge < -0.3 is 10.6 Å². The molecule has 0 saturated carbocycles. The number of anilines is 2. The Kier molecular flexibility index (Phi) is 7.26. The van der Waals surface area contributed by atoms with E-state index in [1.165, 1.54) is 18.5 Å². The highest BCUT2D eigenvalue weighted by Gasteiger charge is 2.31. The number of benzene rings is 3. The Hall–Kier alpha value is -5.45. The number of hydrogen-bond donors (Lipinski definition) is 2. The molecule has 2 aromatic heterocycles. The van der Waals surface area contributed by atoms with Crippen LogP contribution in [0.2, 0.25) is 0 Å². The zero-order valence-corrected chi connectivity index (χ0v) is 21.0. The van der Waals surface area contributed by atoms with Crippen LogP contribution >= 0.6 is 0 Å². The number of pyridine rings is 1. The first-order chi connectivity index (χ1) is 19.6. The third-order valence-electron chi connectivity index (χ3n) is 6.10. The van der Waals surface area contributed by atoms with E-state index < -0.39 is 23.5 Å². The first-order valence-corrected chi connectivity index (χ1v) is 12.0. The minimum absolute atomic E-state index is 0.111. The Balaban J connectivity index is 1.49. The molecular weight excluding hydrogens is 538 g/mol. The van der Waals surface area contributed by atoms with E-state index >= 15 is 4.39 Å². The summed E-state index contributed by atoms with van der Waals surface area (Å²) in [5.41, 5.74) is 2.01. The minimum atomic E-state index is -4.61. The molecule has 0 aliphatic rings. The molecule has 0 spiro atoms. The fourth-order valence-electron chi connectivity index (χ4n) is 4.19. The van der Waals surface area contributed by atoms with Crippen molar-refractivity contribution in [2.75, 3.05) is 10.6 Å². The fourth-order valence-corrected chi connectivity index (χ4v) is 4.19. The van der Waals surface area contributed by atoms with Crippen molar-refractivity contribution in [3.05, 3.63) is 115 Å². The summed E-state index contributed by atoms with van der Waals surface area (Å²) >= 11 is 0. The minimum Gasteiger partial charge on any atom is -0.323 e. The van der Waals surface area contributed by atoms with Crippen molar-refractivity contribution in [3.63, 3.8) is 0 Å². The van der Waals surface area contributed by atoms with E-state index in [2.05, 4.69) is 32.2 Å². The topological polar surface area (TPSA) is 96.9 Å². The molecule has 2 heterocycles. The summed E-state index contributed by atoms with van der Waals surface area (Å²) in [7, 11) is 0. The Morgan fingerprint density at radius 1 is 0.878 bits per heavy atom. The zero-order chi connectivity index (χ0) is 29.1. The van der Waals surface area contributed by atoms with E-state index in [-0.39, 0.29) is 22.9 Å². The van der Waals surface area contributed by atoms with Crippen LogP contribution in [0.25, 0.3) is 33.2 Å². The van der Waals surface area contributed by atoms with E-state index in [9.17, 15) is 22.8 Å². The highest BCUT2D eigenvalue weighted by atomic mass is 19.4. The number of amides is 2. The molecule has 41 heavy (non-hydrogen) atoms. The van der Waals surface area contributed by atoms with Crippen LogP contribution in [0.1, 0.15) is 15.9 Å². The average molecular weight is 558 g/mol. The molecule has 0 unspecified atom stereocenters. The summed E-state index contributed by atoms with van der Waals surface area (Å²) in [6, 6.07) is 15.7. The zero-order valence-electron chi connectivity index (χ0n) is 21.0. The van der Waals surface area contributed by atoms with E-state index in [0.717, 1.165) is 24.4 Å². The third kappa shape index (κ3) is 5.93. The van der Waals surface area contributed by atoms with Crippen LogP contribution in [-0.4, -0.2) is 26.8 Å². The molecule has 204 valence electrons. The van der Waals surface area contributed by atoms with Crippen LogP contribution in [0.15, 0.2) is 98.1 Å². The Bertz CT molecular complexity index is 1820. The van der Waals surface area contributed by atoms with Crippen molar-refractivity contribution in [2.45, 2.75) is 6.18 Å². The van der Waals surface area contributed by atoms with E-state index in [4.69, 9.17) is 0 Å². The Morgan fingerprint density at radius 2 is 1.71 bits per heavy atom. The molecule has 0 aliphatic heterocycles. The number of aromatic nitrogens is 3. The molecular formula is C30H19F4N5O2. The summed E-state index contributed by atoms with van der Waals surface area (Å²) in [4.78, 5) is 36.6. The lowest BCUT2D eigenvalue weighted by Crippen LogP contribution is -2.14. The molecule has 2 amide bonds. The molecule has 5 aromatic rings. The average Bonchev–Trinajstić information content (AvgIpc) is 2.96. The molecule has 0 radical (unpaired) electrons. The number of carbonyl (C=O) groups is 2. The second-order valence-electron chi connectivity index (χ2n) is 8.83. The Labute approximate surface area is 230 Å². The summed E-state index contributed by atoms with van der Waals surface area (Å²) in [5.74, 6) is -2.25. The van der Waals surface area contributed by atoms with Gasteiger partial charge in [0.15, 0.2) is 0 Å². The van der Waals surface area contributed by atoms with Crippen molar-refractivity contribution >= 4 is 34.2 Å². The van der Waals surface area contributed by atoms with Crippen LogP contribution < -0.4 is 10.6 Å². The maximum Gasteiger partial charge on any atom is 0.416 e. The number of hydrogen-bond acceptors (Lipinski definition) is 5. The largest absolute Gasteiger partial charge is 0.416 e. The predicted octanol–water partition coefficient (Wildman–Crippen LogP) is 6.89. The Morgan fingerprint density at radius 3 is 2.46 bits per heavy atom. The van der Waals surface area contributed by atoms with Gasteiger partial charge in [-0.3, -0.25) is 9.59 Å². The molecule has 0 aliphatic carbocycles. The molecule has 11 heteroatoms. The van der Waals surface area contributed by atoms with Gasteiger partial charge in [-0.15, -0.1) is 0 Å². The van der Waals surface area contributed by atoms with Crippen molar-refractivity contribution in [2.24, 2.45) is 0 Å². The van der Waals surface area contributed by atoms with Gasteiger partial charge in [-0.1, -0.05) is 24.8 Å². The number of fused-ring (bicyclic) bond motifs is 1. The number of alkyl halides is 3. The second-order valence-corrected chi connectivity index (χ2v) is 8.83. The van der Waals surface area contributed by atoms with Gasteiger partial charge in [0.25, 0.3) is 5.91 Å². The highest BCUT2D eigenvalue weighted by Crippen LogP contribution is 2.35. The predicted molar refractivity (Wildman–Crippen MR) is 146 cm³/mol. The van der Waals surface area contributed by atoms with Gasteiger partial charge in [0, 0.05) is 40.2 Å². The van der Waals surface area contributed by atoms with Crippen molar-refractivity contribution in [3.8, 4) is 22.3 Å². The summed E-state index contributed by atoms with van der Waals surface area (Å²) in [5, 5.41) is 5.59. The molecule has 0 atom stereocenters. The van der Waals surface area contributed by atoms with Crippen LogP contribution in [0.5, 0.6) is 0 Å². The van der Waals surface area contributed by atoms with Crippen LogP contribution in [0, 0.1) is 5.82 Å². The van der Waals surface area contributed by atoms with Gasteiger partial charge in [0.05, 0.1) is 11.1 Å². The SMILES string of the molecule is C=CC(=O)Nc1cccc(-c2cc(-c3ccc(C(=O)Nc4cc(C(F)(F)F)ccn4)cc3F)cc3cncnc23)c1. The van der Waals surface area contributed by atoms with E-state index in [1.54, 1.807) is 36.5 Å². The van der Waals surface area contributed by atoms with E-state index in [1.807, 2.05) is 6.07 Å². The standard InChI is InChI=1S/C30H19F4N5O2/c1-2-27(40)38-22-5-3-4-17(11-22)24-12-19(10-20-15-35-16-37-28(20)24)23-7-6-18(13-25(23)31)29(41)39-26-14-21(8-9-36-26)30(32,33)34/h2-16H,1H2,(H,38,40)(H,36,39,41). The quantitative estimate of drug-likeness (QED) is 0.175. The van der Waals surface area contributed by atoms with Gasteiger partial charge in [0.2, 0.25) is 5.91 Å². The highest BCUT2D eigenvalue weighted by molar-refractivity contribution is 6.04. The summed E-state index contributed by atoms with van der Waals surface area (Å²) in [6.45, 7) is 3.45. The first-order valence-electron chi connectivity index (χ1n) is 12.0. The van der Waals surface area contributed by atoms with Crippen molar-refractivity contribution in [1.29, 1.82) is 0 Å². The molecule has 0 saturated heterocycles. The molecule has 3 aromatic carbocycles. The lowest BCUT2D eigenvalue weighted by Gasteiger charge is -2.13. The smallest absolute Gasteiger partial charge is 0.323 e. The maximum atomic E-state index is 15.4. The summed E-state index contributed by atoms with van der Waals surface area (Å²) < 4.78 is 54.4. The third-order valence-corrected chi connectivity index (χ3v) is 6.10. The van der Waals surface area contributed by atoms with Gasteiger partial charge in [0.1, 0.15) is 18.0 Å². The molecule has 5 rings (SSSR count). The number of rotatable bonds is 6. The fraction of sp³-hybridized carbons (Fsp3) is 0.0333.